The van der Waals surface area contributed by atoms with E-state index in [-0.39, 0.29) is 12.1 Å². The van der Waals surface area contributed by atoms with Crippen LogP contribution in [0.5, 0.6) is 0 Å². The number of nitrogens with one attached hydrogen (secondary N) is 2. The van der Waals surface area contributed by atoms with Crippen molar-refractivity contribution in [3.05, 3.63) is 69.8 Å². The van der Waals surface area contributed by atoms with Gasteiger partial charge < -0.3 is 15.2 Å². The van der Waals surface area contributed by atoms with Crippen LogP contribution in [-0.2, 0) is 0 Å². The zero-order chi connectivity index (χ0) is 18.0. The molecule has 4 nitrogen and oxygen atoms in total. The van der Waals surface area contributed by atoms with Gasteiger partial charge in [-0.1, -0.05) is 11.6 Å². The maximum atomic E-state index is 12.3. The van der Waals surface area contributed by atoms with Gasteiger partial charge in [0, 0.05) is 33.5 Å². The van der Waals surface area contributed by atoms with E-state index in [0.717, 1.165) is 10.6 Å². The molecule has 3 rings (SSSR count). The van der Waals surface area contributed by atoms with Gasteiger partial charge in [-0.25, -0.2) is 4.79 Å². The highest BCUT2D eigenvalue weighted by atomic mass is 35.5. The van der Waals surface area contributed by atoms with Gasteiger partial charge in [-0.05, 0) is 62.7 Å². The molecule has 2 heterocycles. The molecule has 0 unspecified atom stereocenters. The second-order valence-electron chi connectivity index (χ2n) is 5.92. The molecular formula is C19H20ClN3OS. The minimum Gasteiger partial charge on any atom is -0.331 e. The molecule has 2 aromatic heterocycles. The number of carbonyl (C=O) groups excluding carboxylic acids is 1. The summed E-state index contributed by atoms with van der Waals surface area (Å²) in [4.78, 5) is 13.6. The van der Waals surface area contributed by atoms with Crippen LogP contribution in [0.2, 0.25) is 5.02 Å². The van der Waals surface area contributed by atoms with E-state index < -0.39 is 0 Å². The summed E-state index contributed by atoms with van der Waals surface area (Å²) in [5.41, 5.74) is 3.07. The Morgan fingerprint density at radius 1 is 1.16 bits per heavy atom. The third kappa shape index (κ3) is 3.89. The molecule has 3 aromatic rings. The number of amides is 2. The van der Waals surface area contributed by atoms with Gasteiger partial charge in [-0.15, -0.1) is 11.3 Å². The molecular weight excluding hydrogens is 354 g/mol. The van der Waals surface area contributed by atoms with Gasteiger partial charge in [0.1, 0.15) is 5.00 Å². The first-order valence-corrected chi connectivity index (χ1v) is 9.21. The summed E-state index contributed by atoms with van der Waals surface area (Å²) >= 11 is 7.61. The van der Waals surface area contributed by atoms with Crippen molar-refractivity contribution in [2.24, 2.45) is 0 Å². The summed E-state index contributed by atoms with van der Waals surface area (Å²) < 4.78 is 2.09. The number of aryl methyl sites for hydroxylation is 1. The molecule has 130 valence electrons. The van der Waals surface area contributed by atoms with Crippen LogP contribution >= 0.6 is 22.9 Å². The lowest BCUT2D eigenvalue weighted by atomic mass is 10.1. The Morgan fingerprint density at radius 2 is 1.80 bits per heavy atom. The summed E-state index contributed by atoms with van der Waals surface area (Å²) in [7, 11) is 0. The molecule has 2 N–H and O–H groups in total. The zero-order valence-corrected chi connectivity index (χ0v) is 15.9. The molecule has 0 bridgehead atoms. The molecule has 1 atom stereocenters. The lowest BCUT2D eigenvalue weighted by Gasteiger charge is -2.17. The minimum atomic E-state index is -0.239. The number of halogens is 1. The van der Waals surface area contributed by atoms with E-state index in [1.165, 1.54) is 10.4 Å². The Bertz CT molecular complexity index is 869. The molecule has 0 saturated heterocycles. The summed E-state index contributed by atoms with van der Waals surface area (Å²) in [5.74, 6) is 0. The average Bonchev–Trinajstić information content (AvgIpc) is 3.18. The number of anilines is 1. The van der Waals surface area contributed by atoms with E-state index in [0.29, 0.717) is 10.7 Å². The predicted molar refractivity (Wildman–Crippen MR) is 105 cm³/mol. The second kappa shape index (κ2) is 7.33. The molecule has 0 radical (unpaired) electrons. The van der Waals surface area contributed by atoms with Crippen molar-refractivity contribution >= 4 is 34.7 Å². The van der Waals surface area contributed by atoms with E-state index in [4.69, 9.17) is 11.6 Å². The monoisotopic (exact) mass is 373 g/mol. The second-order valence-corrected chi connectivity index (χ2v) is 7.56. The van der Waals surface area contributed by atoms with Gasteiger partial charge in [0.15, 0.2) is 0 Å². The van der Waals surface area contributed by atoms with Crippen molar-refractivity contribution in [1.82, 2.24) is 9.88 Å². The van der Waals surface area contributed by atoms with Gasteiger partial charge >= 0.3 is 6.03 Å². The normalized spacial score (nSPS) is 12.0. The first-order valence-electron chi connectivity index (χ1n) is 8.02. The number of aromatic nitrogens is 1. The number of thiophene rings is 1. The quantitative estimate of drug-likeness (QED) is 0.606. The topological polar surface area (TPSA) is 46.1 Å². The van der Waals surface area contributed by atoms with Gasteiger partial charge in [0.2, 0.25) is 0 Å². The highest BCUT2D eigenvalue weighted by Crippen LogP contribution is 2.35. The van der Waals surface area contributed by atoms with Crippen molar-refractivity contribution < 1.29 is 4.79 Å². The lowest BCUT2D eigenvalue weighted by molar-refractivity contribution is 0.249. The molecule has 0 aliphatic carbocycles. The standard InChI is InChI=1S/C19H20ClN3OS/c1-12-14(3)25-18(23-10-4-5-11-23)17(12)13(2)21-19(24)22-16-8-6-15(20)7-9-16/h4-11,13H,1-3H3,(H2,21,22,24)/t13-/m1/s1. The van der Waals surface area contributed by atoms with Crippen LogP contribution in [0.1, 0.15) is 29.0 Å². The number of hydrogen-bond acceptors (Lipinski definition) is 2. The maximum absolute atomic E-state index is 12.3. The molecule has 0 aliphatic heterocycles. The van der Waals surface area contributed by atoms with E-state index in [1.807, 2.05) is 31.5 Å². The van der Waals surface area contributed by atoms with Gasteiger partial charge in [0.05, 0.1) is 6.04 Å². The van der Waals surface area contributed by atoms with Crippen LogP contribution in [0.25, 0.3) is 5.00 Å². The first-order chi connectivity index (χ1) is 12.0. The molecule has 0 fully saturated rings. The highest BCUT2D eigenvalue weighted by Gasteiger charge is 2.20. The van der Waals surface area contributed by atoms with Crippen LogP contribution in [0.4, 0.5) is 10.5 Å². The summed E-state index contributed by atoms with van der Waals surface area (Å²) in [6.07, 6.45) is 4.05. The van der Waals surface area contributed by atoms with Crippen molar-refractivity contribution in [2.75, 3.05) is 5.32 Å². The predicted octanol–water partition coefficient (Wildman–Crippen LogP) is 5.69. The molecule has 25 heavy (non-hydrogen) atoms. The van der Waals surface area contributed by atoms with Gasteiger partial charge in [0.25, 0.3) is 0 Å². The van der Waals surface area contributed by atoms with Crippen LogP contribution in [0, 0.1) is 13.8 Å². The summed E-state index contributed by atoms with van der Waals surface area (Å²) in [5, 5.41) is 7.64. The summed E-state index contributed by atoms with van der Waals surface area (Å²) in [6, 6.07) is 10.7. The molecule has 6 heteroatoms. The number of urea groups is 1. The Morgan fingerprint density at radius 3 is 2.44 bits per heavy atom. The number of hydrogen-bond donors (Lipinski definition) is 2. The van der Waals surface area contributed by atoms with Crippen LogP contribution in [0.3, 0.4) is 0 Å². The van der Waals surface area contributed by atoms with E-state index >= 15 is 0 Å². The van der Waals surface area contributed by atoms with Crippen molar-refractivity contribution in [3.8, 4) is 5.00 Å². The molecule has 1 aromatic carbocycles. The van der Waals surface area contributed by atoms with Gasteiger partial charge in [-0.2, -0.15) is 0 Å². The largest absolute Gasteiger partial charge is 0.331 e. The number of rotatable bonds is 4. The van der Waals surface area contributed by atoms with Crippen LogP contribution in [-0.4, -0.2) is 10.6 Å². The maximum Gasteiger partial charge on any atom is 0.319 e. The van der Waals surface area contributed by atoms with Crippen molar-refractivity contribution in [2.45, 2.75) is 26.8 Å². The fourth-order valence-corrected chi connectivity index (χ4v) is 4.11. The number of nitrogens with zero attached hydrogens (tertiary/aromatic N) is 1. The number of carbonyl (C=O) groups is 1. The highest BCUT2D eigenvalue weighted by molar-refractivity contribution is 7.14. The zero-order valence-electron chi connectivity index (χ0n) is 14.3. The lowest BCUT2D eigenvalue weighted by Crippen LogP contribution is -2.31. The van der Waals surface area contributed by atoms with E-state index in [9.17, 15) is 4.79 Å². The third-order valence-electron chi connectivity index (χ3n) is 4.13. The van der Waals surface area contributed by atoms with Crippen LogP contribution in [0.15, 0.2) is 48.8 Å². The summed E-state index contributed by atoms with van der Waals surface area (Å²) in [6.45, 7) is 6.21. The average molecular weight is 374 g/mol. The van der Waals surface area contributed by atoms with Crippen LogP contribution < -0.4 is 10.6 Å². The Hall–Kier alpha value is -2.24. The Balaban J connectivity index is 1.78. The van der Waals surface area contributed by atoms with E-state index in [1.54, 1.807) is 35.6 Å². The Kier molecular flexibility index (Phi) is 5.16. The van der Waals surface area contributed by atoms with Crippen molar-refractivity contribution in [3.63, 3.8) is 0 Å². The van der Waals surface area contributed by atoms with E-state index in [2.05, 4.69) is 29.0 Å². The molecule has 0 aliphatic rings. The fourth-order valence-electron chi connectivity index (χ4n) is 2.77. The third-order valence-corrected chi connectivity index (χ3v) is 5.62. The SMILES string of the molecule is Cc1sc(-n2cccc2)c([C@@H](C)NC(=O)Nc2ccc(Cl)cc2)c1C. The molecule has 2 amide bonds. The Labute approximate surface area is 156 Å². The van der Waals surface area contributed by atoms with Gasteiger partial charge in [-0.3, -0.25) is 0 Å². The smallest absolute Gasteiger partial charge is 0.319 e. The fraction of sp³-hybridized carbons (Fsp3) is 0.211. The minimum absolute atomic E-state index is 0.116. The first kappa shape index (κ1) is 17.6. The van der Waals surface area contributed by atoms with Crippen molar-refractivity contribution in [1.29, 1.82) is 0 Å². The molecule has 0 spiro atoms. The molecule has 0 saturated carbocycles. The number of benzene rings is 1.